The van der Waals surface area contributed by atoms with Gasteiger partial charge in [0.2, 0.25) is 0 Å². The molecule has 0 radical (unpaired) electrons. The maximum atomic E-state index is 13.4. The summed E-state index contributed by atoms with van der Waals surface area (Å²) in [6, 6.07) is 12.2. The standard InChI is InChI=1S/C15H9F2N3S/c16-15(17)20-13-6-2-1-5-12(13)19-14(20)10(9-18)8-11-4-3-7-21-11/h1-8,15H. The van der Waals surface area contributed by atoms with E-state index in [1.807, 2.05) is 23.6 Å². The topological polar surface area (TPSA) is 41.6 Å². The Morgan fingerprint density at radius 2 is 2.10 bits per heavy atom. The highest BCUT2D eigenvalue weighted by molar-refractivity contribution is 7.10. The van der Waals surface area contributed by atoms with Crippen LogP contribution in [-0.4, -0.2) is 9.55 Å². The summed E-state index contributed by atoms with van der Waals surface area (Å²) in [5.74, 6) is -0.0119. The first-order chi connectivity index (χ1) is 10.2. The van der Waals surface area contributed by atoms with Crippen LogP contribution in [-0.2, 0) is 0 Å². The number of rotatable bonds is 3. The van der Waals surface area contributed by atoms with E-state index < -0.39 is 6.55 Å². The van der Waals surface area contributed by atoms with Gasteiger partial charge in [-0.15, -0.1) is 11.3 Å². The van der Waals surface area contributed by atoms with Gasteiger partial charge in [-0.05, 0) is 29.7 Å². The molecule has 3 rings (SSSR count). The van der Waals surface area contributed by atoms with Crippen LogP contribution < -0.4 is 0 Å². The zero-order valence-electron chi connectivity index (χ0n) is 10.7. The average molecular weight is 301 g/mol. The predicted molar refractivity (Wildman–Crippen MR) is 78.8 cm³/mol. The van der Waals surface area contributed by atoms with Crippen LogP contribution in [0, 0.1) is 11.3 Å². The molecule has 0 spiro atoms. The number of nitriles is 1. The third-order valence-electron chi connectivity index (χ3n) is 2.98. The fourth-order valence-corrected chi connectivity index (χ4v) is 2.75. The normalized spacial score (nSPS) is 12.0. The van der Waals surface area contributed by atoms with E-state index in [-0.39, 0.29) is 11.4 Å². The Hall–Kier alpha value is -2.52. The first-order valence-corrected chi connectivity index (χ1v) is 6.99. The lowest BCUT2D eigenvalue weighted by Crippen LogP contribution is -2.03. The van der Waals surface area contributed by atoms with Crippen molar-refractivity contribution in [1.29, 1.82) is 5.26 Å². The van der Waals surface area contributed by atoms with E-state index in [2.05, 4.69) is 4.98 Å². The molecular formula is C15H9F2N3S. The summed E-state index contributed by atoms with van der Waals surface area (Å²) in [4.78, 5) is 5.00. The first kappa shape index (κ1) is 13.5. The number of allylic oxidation sites excluding steroid dienone is 1. The summed E-state index contributed by atoms with van der Waals surface area (Å²) in [6.45, 7) is -2.76. The van der Waals surface area contributed by atoms with Crippen LogP contribution in [0.5, 0.6) is 0 Å². The van der Waals surface area contributed by atoms with Crippen LogP contribution in [0.25, 0.3) is 22.7 Å². The van der Waals surface area contributed by atoms with Gasteiger partial charge < -0.3 is 0 Å². The van der Waals surface area contributed by atoms with Gasteiger partial charge in [-0.3, -0.25) is 4.57 Å². The summed E-state index contributed by atoms with van der Waals surface area (Å²) in [5.41, 5.74) is 0.879. The van der Waals surface area contributed by atoms with E-state index in [0.717, 1.165) is 9.44 Å². The zero-order chi connectivity index (χ0) is 14.8. The van der Waals surface area contributed by atoms with E-state index >= 15 is 0 Å². The van der Waals surface area contributed by atoms with Crippen LogP contribution in [0.2, 0.25) is 0 Å². The number of hydrogen-bond acceptors (Lipinski definition) is 3. The Labute approximate surface area is 123 Å². The lowest BCUT2D eigenvalue weighted by molar-refractivity contribution is 0.0738. The van der Waals surface area contributed by atoms with Crippen molar-refractivity contribution in [2.75, 3.05) is 0 Å². The van der Waals surface area contributed by atoms with Crippen LogP contribution in [0.15, 0.2) is 41.8 Å². The van der Waals surface area contributed by atoms with Crippen molar-refractivity contribution in [2.24, 2.45) is 0 Å². The first-order valence-electron chi connectivity index (χ1n) is 6.11. The molecule has 21 heavy (non-hydrogen) atoms. The van der Waals surface area contributed by atoms with Gasteiger partial charge in [0, 0.05) is 4.88 Å². The highest BCUT2D eigenvalue weighted by Crippen LogP contribution is 2.28. The number of para-hydroxylation sites is 2. The highest BCUT2D eigenvalue weighted by Gasteiger charge is 2.20. The Balaban J connectivity index is 2.24. The molecule has 104 valence electrons. The Morgan fingerprint density at radius 3 is 2.76 bits per heavy atom. The summed E-state index contributed by atoms with van der Waals surface area (Å²) < 4.78 is 27.5. The predicted octanol–water partition coefficient (Wildman–Crippen LogP) is 4.56. The fraction of sp³-hybridized carbons (Fsp3) is 0.0667. The van der Waals surface area contributed by atoms with Crippen molar-refractivity contribution in [1.82, 2.24) is 9.55 Å². The molecule has 6 heteroatoms. The third kappa shape index (κ3) is 2.43. The molecule has 0 N–H and O–H groups in total. The molecule has 0 fully saturated rings. The van der Waals surface area contributed by atoms with Crippen LogP contribution in [0.4, 0.5) is 8.78 Å². The van der Waals surface area contributed by atoms with E-state index in [9.17, 15) is 14.0 Å². The maximum absolute atomic E-state index is 13.4. The van der Waals surface area contributed by atoms with Crippen LogP contribution >= 0.6 is 11.3 Å². The number of imidazole rings is 1. The van der Waals surface area contributed by atoms with Gasteiger partial charge in [0.05, 0.1) is 16.6 Å². The second kappa shape index (κ2) is 5.46. The van der Waals surface area contributed by atoms with E-state index in [4.69, 9.17) is 0 Å². The van der Waals surface area contributed by atoms with Gasteiger partial charge in [-0.2, -0.15) is 14.0 Å². The molecule has 3 nitrogen and oxygen atoms in total. The Bertz CT molecular complexity index is 842. The average Bonchev–Trinajstić information content (AvgIpc) is 3.11. The third-order valence-corrected chi connectivity index (χ3v) is 3.80. The lowest BCUT2D eigenvalue weighted by Gasteiger charge is -2.06. The van der Waals surface area contributed by atoms with Gasteiger partial charge in [0.1, 0.15) is 6.07 Å². The van der Waals surface area contributed by atoms with Crippen molar-refractivity contribution < 1.29 is 8.78 Å². The van der Waals surface area contributed by atoms with Crippen molar-refractivity contribution in [3.8, 4) is 6.07 Å². The quantitative estimate of drug-likeness (QED) is 0.666. The fourth-order valence-electron chi connectivity index (χ4n) is 2.09. The SMILES string of the molecule is N#CC(=Cc1cccs1)c1nc2ccccc2n1C(F)F. The highest BCUT2D eigenvalue weighted by atomic mass is 32.1. The zero-order valence-corrected chi connectivity index (χ0v) is 11.5. The number of hydrogen-bond donors (Lipinski definition) is 0. The molecule has 1 aromatic carbocycles. The number of benzene rings is 1. The van der Waals surface area contributed by atoms with Gasteiger partial charge >= 0.3 is 6.55 Å². The molecule has 2 aromatic heterocycles. The Kier molecular flexibility index (Phi) is 3.50. The number of halogens is 2. The molecule has 0 saturated carbocycles. The van der Waals surface area contributed by atoms with Gasteiger partial charge in [0.15, 0.2) is 5.82 Å². The van der Waals surface area contributed by atoms with Crippen molar-refractivity contribution in [2.45, 2.75) is 6.55 Å². The lowest BCUT2D eigenvalue weighted by atomic mass is 10.2. The van der Waals surface area contributed by atoms with Crippen LogP contribution in [0.3, 0.4) is 0 Å². The van der Waals surface area contributed by atoms with Crippen molar-refractivity contribution in [3.05, 3.63) is 52.5 Å². The minimum atomic E-state index is -2.76. The molecule has 0 amide bonds. The summed E-state index contributed by atoms with van der Waals surface area (Å²) in [6.07, 6.45) is 1.57. The summed E-state index contributed by atoms with van der Waals surface area (Å²) >= 11 is 1.43. The van der Waals surface area contributed by atoms with Gasteiger partial charge in [-0.25, -0.2) is 4.98 Å². The molecule has 0 bridgehead atoms. The molecular weight excluding hydrogens is 292 g/mol. The minimum Gasteiger partial charge on any atom is -0.266 e. The molecule has 0 saturated heterocycles. The number of nitrogens with zero attached hydrogens (tertiary/aromatic N) is 3. The molecule has 0 aliphatic heterocycles. The van der Waals surface area contributed by atoms with E-state index in [1.54, 1.807) is 30.3 Å². The second-order valence-electron chi connectivity index (χ2n) is 4.26. The molecule has 0 atom stereocenters. The van der Waals surface area contributed by atoms with Gasteiger partial charge in [-0.1, -0.05) is 18.2 Å². The number of aromatic nitrogens is 2. The smallest absolute Gasteiger partial charge is 0.266 e. The van der Waals surface area contributed by atoms with Crippen LogP contribution in [0.1, 0.15) is 17.3 Å². The molecule has 2 heterocycles. The van der Waals surface area contributed by atoms with E-state index in [0.29, 0.717) is 11.0 Å². The van der Waals surface area contributed by atoms with Crippen molar-refractivity contribution in [3.63, 3.8) is 0 Å². The largest absolute Gasteiger partial charge is 0.320 e. The van der Waals surface area contributed by atoms with Crippen molar-refractivity contribution >= 4 is 34.0 Å². The number of thiophene rings is 1. The molecule has 0 unspecified atom stereocenters. The van der Waals surface area contributed by atoms with Gasteiger partial charge in [0.25, 0.3) is 0 Å². The Morgan fingerprint density at radius 1 is 1.29 bits per heavy atom. The maximum Gasteiger partial charge on any atom is 0.320 e. The molecule has 3 aromatic rings. The monoisotopic (exact) mass is 301 g/mol. The number of fused-ring (bicyclic) bond motifs is 1. The minimum absolute atomic E-state index is 0.0119. The van der Waals surface area contributed by atoms with E-state index in [1.165, 1.54) is 11.3 Å². The molecule has 0 aliphatic rings. The second-order valence-corrected chi connectivity index (χ2v) is 5.24. The molecule has 0 aliphatic carbocycles. The summed E-state index contributed by atoms with van der Waals surface area (Å²) in [5, 5.41) is 11.2. The summed E-state index contributed by atoms with van der Waals surface area (Å²) in [7, 11) is 0. The number of alkyl halides is 2.